The minimum Gasteiger partial charge on any atom is -0.481 e. The Morgan fingerprint density at radius 2 is 2.07 bits per heavy atom. The summed E-state index contributed by atoms with van der Waals surface area (Å²) in [5.41, 5.74) is 0. The van der Waals surface area contributed by atoms with Crippen molar-refractivity contribution in [2.24, 2.45) is 17.8 Å². The van der Waals surface area contributed by atoms with Gasteiger partial charge in [-0.25, -0.2) is 0 Å². The van der Waals surface area contributed by atoms with E-state index in [1.807, 2.05) is 0 Å². The molecule has 2 rings (SSSR count). The topological polar surface area (TPSA) is 37.3 Å². The van der Waals surface area contributed by atoms with E-state index in [9.17, 15) is 4.79 Å². The van der Waals surface area contributed by atoms with Gasteiger partial charge < -0.3 is 5.11 Å². The van der Waals surface area contributed by atoms with Crippen molar-refractivity contribution in [3.63, 3.8) is 0 Å². The zero-order chi connectivity index (χ0) is 9.97. The number of hydrogen-bond acceptors (Lipinski definition) is 1. The fourth-order valence-corrected chi connectivity index (χ4v) is 2.91. The third-order valence-corrected chi connectivity index (χ3v) is 3.63. The van der Waals surface area contributed by atoms with Gasteiger partial charge in [-0.15, -0.1) is 12.4 Å². The van der Waals surface area contributed by atoms with Gasteiger partial charge in [-0.2, -0.15) is 0 Å². The Labute approximate surface area is 97.2 Å². The van der Waals surface area contributed by atoms with E-state index in [2.05, 4.69) is 12.2 Å². The Bertz CT molecular complexity index is 250. The van der Waals surface area contributed by atoms with E-state index in [1.54, 1.807) is 0 Å². The minimum atomic E-state index is -0.655. The van der Waals surface area contributed by atoms with Crippen molar-refractivity contribution >= 4 is 18.4 Å². The Hall–Kier alpha value is -0.500. The van der Waals surface area contributed by atoms with Crippen molar-refractivity contribution in [3.8, 4) is 0 Å². The van der Waals surface area contributed by atoms with Crippen LogP contribution in [0.4, 0.5) is 0 Å². The number of rotatable bonds is 5. The van der Waals surface area contributed by atoms with Gasteiger partial charge >= 0.3 is 5.97 Å². The SMILES string of the molecule is Cl.O=C(O)CCCCC1CC2C=CC1C2. The molecule has 3 heteroatoms. The van der Waals surface area contributed by atoms with Crippen LogP contribution < -0.4 is 0 Å². The summed E-state index contributed by atoms with van der Waals surface area (Å²) in [6.45, 7) is 0. The lowest BCUT2D eigenvalue weighted by molar-refractivity contribution is -0.137. The van der Waals surface area contributed by atoms with E-state index < -0.39 is 5.97 Å². The molecule has 0 spiro atoms. The quantitative estimate of drug-likeness (QED) is 0.582. The minimum absolute atomic E-state index is 0. The van der Waals surface area contributed by atoms with Gasteiger partial charge in [0.1, 0.15) is 0 Å². The predicted octanol–water partition coefficient (Wildman–Crippen LogP) is 3.27. The van der Waals surface area contributed by atoms with Crippen LogP contribution in [0.5, 0.6) is 0 Å². The number of halogens is 1. The lowest BCUT2D eigenvalue weighted by Crippen LogP contribution is -2.06. The Kier molecular flexibility index (Phi) is 4.65. The van der Waals surface area contributed by atoms with Crippen molar-refractivity contribution in [2.75, 3.05) is 0 Å². The first-order valence-electron chi connectivity index (χ1n) is 5.66. The summed E-state index contributed by atoms with van der Waals surface area (Å²) in [5.74, 6) is 1.88. The second-order valence-electron chi connectivity index (χ2n) is 4.68. The summed E-state index contributed by atoms with van der Waals surface area (Å²) >= 11 is 0. The number of carboxylic acid groups (broad SMARTS) is 1. The van der Waals surface area contributed by atoms with Crippen LogP contribution in [0.1, 0.15) is 38.5 Å². The average molecular weight is 231 g/mol. The van der Waals surface area contributed by atoms with Crippen molar-refractivity contribution in [3.05, 3.63) is 12.2 Å². The smallest absolute Gasteiger partial charge is 0.303 e. The molecule has 0 radical (unpaired) electrons. The zero-order valence-electron chi connectivity index (χ0n) is 8.89. The van der Waals surface area contributed by atoms with Crippen molar-refractivity contribution in [1.29, 1.82) is 0 Å². The number of aliphatic carboxylic acids is 1. The predicted molar refractivity (Wildman–Crippen MR) is 62.2 cm³/mol. The number of fused-ring (bicyclic) bond motifs is 2. The molecule has 0 aromatic rings. The number of hydrogen-bond donors (Lipinski definition) is 1. The van der Waals surface area contributed by atoms with E-state index in [0.717, 1.165) is 30.6 Å². The molecule has 1 fully saturated rings. The molecule has 0 saturated heterocycles. The second-order valence-corrected chi connectivity index (χ2v) is 4.68. The van der Waals surface area contributed by atoms with Gasteiger partial charge in [0, 0.05) is 6.42 Å². The first kappa shape index (κ1) is 12.6. The highest BCUT2D eigenvalue weighted by Gasteiger charge is 2.34. The standard InChI is InChI=1S/C12H18O2.ClH/c13-12(14)4-2-1-3-10-7-9-5-6-11(10)8-9;/h5-6,9-11H,1-4,7-8H2,(H,13,14);1H. The van der Waals surface area contributed by atoms with E-state index in [0.29, 0.717) is 6.42 Å². The van der Waals surface area contributed by atoms with Crippen molar-refractivity contribution < 1.29 is 9.90 Å². The Morgan fingerprint density at radius 3 is 2.60 bits per heavy atom. The molecule has 0 heterocycles. The molecule has 0 aromatic carbocycles. The fourth-order valence-electron chi connectivity index (χ4n) is 2.91. The zero-order valence-corrected chi connectivity index (χ0v) is 9.71. The summed E-state index contributed by atoms with van der Waals surface area (Å²) in [7, 11) is 0. The number of carbonyl (C=O) groups is 1. The summed E-state index contributed by atoms with van der Waals surface area (Å²) in [4.78, 5) is 10.3. The maximum absolute atomic E-state index is 10.3. The fraction of sp³-hybridized carbons (Fsp3) is 0.750. The van der Waals surface area contributed by atoms with Crippen LogP contribution in [0.2, 0.25) is 0 Å². The third kappa shape index (κ3) is 3.23. The molecular weight excluding hydrogens is 212 g/mol. The van der Waals surface area contributed by atoms with E-state index in [1.165, 1.54) is 19.3 Å². The first-order valence-corrected chi connectivity index (χ1v) is 5.66. The molecule has 3 atom stereocenters. The molecular formula is C12H19ClO2. The van der Waals surface area contributed by atoms with Crippen LogP contribution >= 0.6 is 12.4 Å². The molecule has 2 aliphatic carbocycles. The molecule has 3 unspecified atom stereocenters. The van der Waals surface area contributed by atoms with Gasteiger partial charge in [0.25, 0.3) is 0 Å². The van der Waals surface area contributed by atoms with E-state index >= 15 is 0 Å². The van der Waals surface area contributed by atoms with Gasteiger partial charge in [0.05, 0.1) is 0 Å². The van der Waals surface area contributed by atoms with Gasteiger partial charge in [-0.05, 0) is 43.4 Å². The highest BCUT2D eigenvalue weighted by Crippen LogP contribution is 2.45. The highest BCUT2D eigenvalue weighted by molar-refractivity contribution is 5.85. The van der Waals surface area contributed by atoms with Crippen molar-refractivity contribution in [1.82, 2.24) is 0 Å². The highest BCUT2D eigenvalue weighted by atomic mass is 35.5. The Morgan fingerprint density at radius 1 is 1.27 bits per heavy atom. The van der Waals surface area contributed by atoms with Crippen LogP contribution in [-0.2, 0) is 4.79 Å². The van der Waals surface area contributed by atoms with E-state index in [-0.39, 0.29) is 12.4 Å². The van der Waals surface area contributed by atoms with Crippen LogP contribution in [0.25, 0.3) is 0 Å². The van der Waals surface area contributed by atoms with Gasteiger partial charge in [0.2, 0.25) is 0 Å². The second kappa shape index (κ2) is 5.55. The molecule has 1 N–H and O–H groups in total. The summed E-state index contributed by atoms with van der Waals surface area (Å²) in [5, 5.41) is 8.50. The monoisotopic (exact) mass is 230 g/mol. The van der Waals surface area contributed by atoms with Gasteiger partial charge in [-0.3, -0.25) is 4.79 Å². The number of unbranched alkanes of at least 4 members (excludes halogenated alkanes) is 1. The molecule has 0 aliphatic heterocycles. The molecule has 2 bridgehead atoms. The molecule has 2 nitrogen and oxygen atoms in total. The number of allylic oxidation sites excluding steroid dienone is 2. The van der Waals surface area contributed by atoms with Gasteiger partial charge in [-0.1, -0.05) is 18.6 Å². The Balaban J connectivity index is 0.00000112. The molecule has 86 valence electrons. The first-order chi connectivity index (χ1) is 6.75. The van der Waals surface area contributed by atoms with Crippen LogP contribution in [0, 0.1) is 17.8 Å². The maximum atomic E-state index is 10.3. The third-order valence-electron chi connectivity index (χ3n) is 3.63. The summed E-state index contributed by atoms with van der Waals surface area (Å²) < 4.78 is 0. The van der Waals surface area contributed by atoms with Crippen molar-refractivity contribution in [2.45, 2.75) is 38.5 Å². The van der Waals surface area contributed by atoms with Crippen LogP contribution in [-0.4, -0.2) is 11.1 Å². The average Bonchev–Trinajstić information content (AvgIpc) is 2.73. The largest absolute Gasteiger partial charge is 0.481 e. The van der Waals surface area contributed by atoms with Gasteiger partial charge in [0.15, 0.2) is 0 Å². The molecule has 0 aromatic heterocycles. The lowest BCUT2D eigenvalue weighted by atomic mass is 9.89. The summed E-state index contributed by atoms with van der Waals surface area (Å²) in [6.07, 6.45) is 11.0. The molecule has 15 heavy (non-hydrogen) atoms. The maximum Gasteiger partial charge on any atom is 0.303 e. The molecule has 2 aliphatic rings. The summed E-state index contributed by atoms with van der Waals surface area (Å²) in [6, 6.07) is 0. The number of carboxylic acids is 1. The lowest BCUT2D eigenvalue weighted by Gasteiger charge is -2.17. The van der Waals surface area contributed by atoms with Crippen LogP contribution in [0.3, 0.4) is 0 Å². The van der Waals surface area contributed by atoms with Crippen LogP contribution in [0.15, 0.2) is 12.2 Å². The molecule has 0 amide bonds. The normalized spacial score (nSPS) is 31.6. The van der Waals surface area contributed by atoms with E-state index in [4.69, 9.17) is 5.11 Å². The molecule has 1 saturated carbocycles.